The van der Waals surface area contributed by atoms with Crippen LogP contribution in [-0.2, 0) is 6.54 Å². The molecule has 1 unspecified atom stereocenters. The summed E-state index contributed by atoms with van der Waals surface area (Å²) in [6, 6.07) is 8.52. The molecule has 108 valence electrons. The summed E-state index contributed by atoms with van der Waals surface area (Å²) in [6.07, 6.45) is 2.95. The van der Waals surface area contributed by atoms with Crippen molar-refractivity contribution in [1.82, 2.24) is 10.3 Å². The highest BCUT2D eigenvalue weighted by atomic mass is 16.3. The lowest BCUT2D eigenvalue weighted by Crippen LogP contribution is -2.18. The number of nitrogens with zero attached hydrogens (tertiary/aromatic N) is 2. The van der Waals surface area contributed by atoms with Crippen molar-refractivity contribution in [1.29, 1.82) is 0 Å². The Morgan fingerprint density at radius 1 is 1.30 bits per heavy atom. The maximum atomic E-state index is 5.60. The SMILES string of the molecule is CCC(NC)c1ccc(N(C)Cc2ccc(C)o2)cn1. The van der Waals surface area contributed by atoms with E-state index < -0.39 is 0 Å². The topological polar surface area (TPSA) is 41.3 Å². The Kier molecular flexibility index (Phi) is 4.79. The average Bonchev–Trinajstić information content (AvgIpc) is 2.86. The van der Waals surface area contributed by atoms with Gasteiger partial charge in [-0.25, -0.2) is 0 Å². The zero-order chi connectivity index (χ0) is 14.5. The molecule has 0 aliphatic carbocycles. The van der Waals surface area contributed by atoms with E-state index in [0.717, 1.165) is 35.9 Å². The first kappa shape index (κ1) is 14.6. The highest BCUT2D eigenvalue weighted by molar-refractivity contribution is 5.44. The Balaban J connectivity index is 2.05. The number of nitrogens with one attached hydrogen (secondary N) is 1. The molecule has 0 fully saturated rings. The Morgan fingerprint density at radius 3 is 2.60 bits per heavy atom. The molecule has 2 aromatic rings. The summed E-state index contributed by atoms with van der Waals surface area (Å²) in [6.45, 7) is 4.86. The molecule has 20 heavy (non-hydrogen) atoms. The van der Waals surface area contributed by atoms with Crippen LogP contribution >= 0.6 is 0 Å². The van der Waals surface area contributed by atoms with Crippen LogP contribution in [0.2, 0.25) is 0 Å². The van der Waals surface area contributed by atoms with E-state index in [9.17, 15) is 0 Å². The highest BCUT2D eigenvalue weighted by Gasteiger charge is 2.10. The van der Waals surface area contributed by atoms with Gasteiger partial charge in [0.15, 0.2) is 0 Å². The van der Waals surface area contributed by atoms with Crippen LogP contribution < -0.4 is 10.2 Å². The van der Waals surface area contributed by atoms with E-state index in [1.165, 1.54) is 0 Å². The van der Waals surface area contributed by atoms with E-state index >= 15 is 0 Å². The molecule has 1 N–H and O–H groups in total. The van der Waals surface area contributed by atoms with Gasteiger partial charge in [0.05, 0.1) is 24.1 Å². The summed E-state index contributed by atoms with van der Waals surface area (Å²) in [5, 5.41) is 3.27. The molecule has 0 saturated heterocycles. The lowest BCUT2D eigenvalue weighted by Gasteiger charge is -2.19. The number of aryl methyl sites for hydroxylation is 1. The molecule has 0 aromatic carbocycles. The normalized spacial score (nSPS) is 12.4. The van der Waals surface area contributed by atoms with Crippen molar-refractivity contribution in [2.75, 3.05) is 19.0 Å². The smallest absolute Gasteiger partial charge is 0.123 e. The summed E-state index contributed by atoms with van der Waals surface area (Å²) in [5.74, 6) is 1.91. The van der Waals surface area contributed by atoms with Crippen LogP contribution in [0.15, 0.2) is 34.9 Å². The molecule has 0 radical (unpaired) electrons. The minimum absolute atomic E-state index is 0.321. The number of furan rings is 1. The third-order valence-electron chi connectivity index (χ3n) is 3.51. The van der Waals surface area contributed by atoms with E-state index in [2.05, 4.69) is 34.3 Å². The number of hydrogen-bond donors (Lipinski definition) is 1. The first-order valence-electron chi connectivity index (χ1n) is 7.03. The van der Waals surface area contributed by atoms with Gasteiger partial charge in [0.2, 0.25) is 0 Å². The highest BCUT2D eigenvalue weighted by Crippen LogP contribution is 2.19. The number of aromatic nitrogens is 1. The molecule has 2 rings (SSSR count). The van der Waals surface area contributed by atoms with Crippen molar-refractivity contribution in [3.8, 4) is 0 Å². The van der Waals surface area contributed by atoms with Gasteiger partial charge in [-0.1, -0.05) is 6.92 Å². The molecule has 0 spiro atoms. The van der Waals surface area contributed by atoms with Crippen LogP contribution in [0.3, 0.4) is 0 Å². The molecule has 0 saturated carbocycles. The predicted molar refractivity (Wildman–Crippen MR) is 81.9 cm³/mol. The van der Waals surface area contributed by atoms with Gasteiger partial charge >= 0.3 is 0 Å². The van der Waals surface area contributed by atoms with Crippen molar-refractivity contribution in [2.45, 2.75) is 32.9 Å². The lowest BCUT2D eigenvalue weighted by molar-refractivity contribution is 0.481. The van der Waals surface area contributed by atoms with Gasteiger partial charge < -0.3 is 14.6 Å². The van der Waals surface area contributed by atoms with Crippen molar-refractivity contribution >= 4 is 5.69 Å². The monoisotopic (exact) mass is 273 g/mol. The summed E-state index contributed by atoms with van der Waals surface area (Å²) in [5.41, 5.74) is 2.18. The van der Waals surface area contributed by atoms with E-state index in [-0.39, 0.29) is 0 Å². The second-order valence-corrected chi connectivity index (χ2v) is 5.06. The standard InChI is InChI=1S/C16H23N3O/c1-5-15(17-3)16-9-7-13(10-18-16)19(4)11-14-8-6-12(2)20-14/h6-10,15,17H,5,11H2,1-4H3. The van der Waals surface area contributed by atoms with Gasteiger partial charge in [0, 0.05) is 13.1 Å². The van der Waals surface area contributed by atoms with Gasteiger partial charge in [-0.2, -0.15) is 0 Å². The molecule has 1 atom stereocenters. The average molecular weight is 273 g/mol. The van der Waals surface area contributed by atoms with Gasteiger partial charge in [-0.05, 0) is 44.7 Å². The summed E-state index contributed by atoms with van der Waals surface area (Å²) < 4.78 is 5.60. The lowest BCUT2D eigenvalue weighted by atomic mass is 10.1. The Bertz CT molecular complexity index is 529. The molecule has 2 aromatic heterocycles. The van der Waals surface area contributed by atoms with Crippen LogP contribution in [0.5, 0.6) is 0 Å². The molecule has 4 heteroatoms. The van der Waals surface area contributed by atoms with Crippen molar-refractivity contribution < 1.29 is 4.42 Å². The van der Waals surface area contributed by atoms with Crippen molar-refractivity contribution in [3.63, 3.8) is 0 Å². The minimum Gasteiger partial charge on any atom is -0.464 e. The second-order valence-electron chi connectivity index (χ2n) is 5.06. The predicted octanol–water partition coefficient (Wildman–Crippen LogP) is 3.29. The Labute approximate surface area is 120 Å². The van der Waals surface area contributed by atoms with Gasteiger partial charge in [-0.3, -0.25) is 4.98 Å². The van der Waals surface area contributed by atoms with E-state index in [0.29, 0.717) is 6.04 Å². The van der Waals surface area contributed by atoms with Crippen LogP contribution in [0.25, 0.3) is 0 Å². The van der Waals surface area contributed by atoms with E-state index in [1.54, 1.807) is 0 Å². The first-order valence-corrected chi connectivity index (χ1v) is 7.03. The van der Waals surface area contributed by atoms with Crippen LogP contribution in [0.4, 0.5) is 5.69 Å². The maximum absolute atomic E-state index is 5.60. The van der Waals surface area contributed by atoms with Crippen LogP contribution in [-0.4, -0.2) is 19.1 Å². The fraction of sp³-hybridized carbons (Fsp3) is 0.438. The number of anilines is 1. The molecular formula is C16H23N3O. The molecule has 0 amide bonds. The zero-order valence-electron chi connectivity index (χ0n) is 12.7. The molecule has 0 bridgehead atoms. The summed E-state index contributed by atoms with van der Waals surface area (Å²) >= 11 is 0. The summed E-state index contributed by atoms with van der Waals surface area (Å²) in [4.78, 5) is 6.69. The molecule has 0 aliphatic heterocycles. The molecular weight excluding hydrogens is 250 g/mol. The minimum atomic E-state index is 0.321. The van der Waals surface area contributed by atoms with Gasteiger partial charge in [0.25, 0.3) is 0 Å². The quantitative estimate of drug-likeness (QED) is 0.877. The number of pyridine rings is 1. The Morgan fingerprint density at radius 2 is 2.10 bits per heavy atom. The van der Waals surface area contributed by atoms with Crippen LogP contribution in [0, 0.1) is 6.92 Å². The third-order valence-corrected chi connectivity index (χ3v) is 3.51. The van der Waals surface area contributed by atoms with Gasteiger partial charge in [0.1, 0.15) is 11.5 Å². The largest absolute Gasteiger partial charge is 0.464 e. The fourth-order valence-corrected chi connectivity index (χ4v) is 2.29. The van der Waals surface area contributed by atoms with Crippen molar-refractivity contribution in [3.05, 3.63) is 47.7 Å². The fourth-order valence-electron chi connectivity index (χ4n) is 2.29. The number of rotatable bonds is 6. The third kappa shape index (κ3) is 3.39. The van der Waals surface area contributed by atoms with E-state index in [1.807, 2.05) is 39.3 Å². The van der Waals surface area contributed by atoms with E-state index in [4.69, 9.17) is 4.42 Å². The maximum Gasteiger partial charge on any atom is 0.123 e. The summed E-state index contributed by atoms with van der Waals surface area (Å²) in [7, 11) is 4.01. The Hall–Kier alpha value is -1.81. The molecule has 0 aliphatic rings. The van der Waals surface area contributed by atoms with Crippen LogP contribution in [0.1, 0.15) is 36.6 Å². The number of hydrogen-bond acceptors (Lipinski definition) is 4. The first-order chi connectivity index (χ1) is 9.63. The van der Waals surface area contributed by atoms with Gasteiger partial charge in [-0.15, -0.1) is 0 Å². The van der Waals surface area contributed by atoms with Crippen molar-refractivity contribution in [2.24, 2.45) is 0 Å². The molecule has 4 nitrogen and oxygen atoms in total. The zero-order valence-corrected chi connectivity index (χ0v) is 12.7. The second kappa shape index (κ2) is 6.57. The molecule has 2 heterocycles.